The van der Waals surface area contributed by atoms with E-state index in [2.05, 4.69) is 27.3 Å². The number of anilines is 2. The highest BCUT2D eigenvalue weighted by molar-refractivity contribution is 7.14. The summed E-state index contributed by atoms with van der Waals surface area (Å²) in [6.45, 7) is 0.725. The van der Waals surface area contributed by atoms with Crippen LogP contribution in [0.2, 0.25) is 0 Å². The van der Waals surface area contributed by atoms with Crippen LogP contribution < -0.4 is 10.2 Å². The normalized spacial score (nSPS) is 16.4. The van der Waals surface area contributed by atoms with Gasteiger partial charge in [0.05, 0.1) is 11.4 Å². The molecule has 0 spiro atoms. The Balaban J connectivity index is 1.54. The van der Waals surface area contributed by atoms with E-state index in [1.165, 1.54) is 22.6 Å². The van der Waals surface area contributed by atoms with E-state index in [-0.39, 0.29) is 11.8 Å². The highest BCUT2D eigenvalue weighted by Gasteiger charge is 2.28. The summed E-state index contributed by atoms with van der Waals surface area (Å²) < 4.78 is 0. The summed E-state index contributed by atoms with van der Waals surface area (Å²) in [5.41, 5.74) is 6.08. The SMILES string of the molecule is CN1C[C@@H](C(=O)Nc2scnc2-c2ccccc2)Cc2ccccc21. The molecule has 3 aromatic rings. The van der Waals surface area contributed by atoms with Gasteiger partial charge in [-0.05, 0) is 18.1 Å². The highest BCUT2D eigenvalue weighted by Crippen LogP contribution is 2.32. The lowest BCUT2D eigenvalue weighted by Crippen LogP contribution is -2.39. The molecule has 0 aliphatic carbocycles. The number of thiazole rings is 1. The lowest BCUT2D eigenvalue weighted by Gasteiger charge is -2.32. The monoisotopic (exact) mass is 349 g/mol. The predicted molar refractivity (Wildman–Crippen MR) is 103 cm³/mol. The first kappa shape index (κ1) is 15.8. The number of hydrogen-bond acceptors (Lipinski definition) is 4. The van der Waals surface area contributed by atoms with Crippen LogP contribution in [0.15, 0.2) is 60.1 Å². The van der Waals surface area contributed by atoms with Crippen molar-refractivity contribution in [1.29, 1.82) is 0 Å². The van der Waals surface area contributed by atoms with Crippen molar-refractivity contribution in [3.8, 4) is 11.3 Å². The maximum atomic E-state index is 12.8. The number of carbonyl (C=O) groups excluding carboxylic acids is 1. The number of amides is 1. The molecule has 126 valence electrons. The average molecular weight is 349 g/mol. The number of benzene rings is 2. The van der Waals surface area contributed by atoms with E-state index in [0.29, 0.717) is 0 Å². The largest absolute Gasteiger partial charge is 0.374 e. The maximum absolute atomic E-state index is 12.8. The van der Waals surface area contributed by atoms with Gasteiger partial charge in [-0.1, -0.05) is 48.5 Å². The molecule has 5 heteroatoms. The second kappa shape index (κ2) is 6.69. The smallest absolute Gasteiger partial charge is 0.230 e. The molecule has 0 saturated carbocycles. The topological polar surface area (TPSA) is 45.2 Å². The molecule has 2 aromatic carbocycles. The molecular weight excluding hydrogens is 330 g/mol. The number of carbonyl (C=O) groups is 1. The second-order valence-corrected chi connectivity index (χ2v) is 7.15. The summed E-state index contributed by atoms with van der Waals surface area (Å²) in [5, 5.41) is 3.92. The van der Waals surface area contributed by atoms with E-state index in [0.717, 1.165) is 29.2 Å². The molecule has 4 rings (SSSR count). The fraction of sp³-hybridized carbons (Fsp3) is 0.200. The molecule has 0 bridgehead atoms. The Morgan fingerprint density at radius 2 is 1.92 bits per heavy atom. The van der Waals surface area contributed by atoms with Crippen LogP contribution in [-0.4, -0.2) is 24.5 Å². The van der Waals surface area contributed by atoms with Crippen LogP contribution >= 0.6 is 11.3 Å². The van der Waals surface area contributed by atoms with E-state index in [1.807, 2.05) is 49.5 Å². The summed E-state index contributed by atoms with van der Waals surface area (Å²) in [7, 11) is 2.04. The van der Waals surface area contributed by atoms with Crippen LogP contribution in [0.3, 0.4) is 0 Å². The Bertz CT molecular complexity index is 891. The molecule has 1 aromatic heterocycles. The van der Waals surface area contributed by atoms with Crippen molar-refractivity contribution in [2.24, 2.45) is 5.92 Å². The van der Waals surface area contributed by atoms with Gasteiger partial charge in [0.25, 0.3) is 0 Å². The van der Waals surface area contributed by atoms with Crippen LogP contribution in [0.4, 0.5) is 10.7 Å². The molecule has 1 aliphatic rings. The molecule has 1 atom stereocenters. The van der Waals surface area contributed by atoms with Gasteiger partial charge < -0.3 is 10.2 Å². The van der Waals surface area contributed by atoms with Gasteiger partial charge in [0.1, 0.15) is 10.7 Å². The summed E-state index contributed by atoms with van der Waals surface area (Å²) in [4.78, 5) is 19.4. The zero-order chi connectivity index (χ0) is 17.2. The maximum Gasteiger partial charge on any atom is 0.230 e. The van der Waals surface area contributed by atoms with Gasteiger partial charge in [-0.25, -0.2) is 4.98 Å². The predicted octanol–water partition coefficient (Wildman–Crippen LogP) is 4.06. The van der Waals surface area contributed by atoms with Gasteiger partial charge in [0, 0.05) is 24.8 Å². The quantitative estimate of drug-likeness (QED) is 0.776. The zero-order valence-electron chi connectivity index (χ0n) is 14.0. The lowest BCUT2D eigenvalue weighted by atomic mass is 9.92. The number of para-hydroxylation sites is 1. The number of nitrogens with one attached hydrogen (secondary N) is 1. The number of nitrogens with zero attached hydrogens (tertiary/aromatic N) is 2. The van der Waals surface area contributed by atoms with Crippen molar-refractivity contribution >= 4 is 27.9 Å². The van der Waals surface area contributed by atoms with E-state index in [1.54, 1.807) is 5.51 Å². The molecule has 0 radical (unpaired) electrons. The van der Waals surface area contributed by atoms with Crippen LogP contribution in [0, 0.1) is 5.92 Å². The first-order valence-corrected chi connectivity index (χ1v) is 9.19. The number of hydrogen-bond donors (Lipinski definition) is 1. The molecule has 1 N–H and O–H groups in total. The van der Waals surface area contributed by atoms with Crippen LogP contribution in [0.5, 0.6) is 0 Å². The number of fused-ring (bicyclic) bond motifs is 1. The van der Waals surface area contributed by atoms with Gasteiger partial charge in [-0.2, -0.15) is 0 Å². The third kappa shape index (κ3) is 3.15. The number of aromatic nitrogens is 1. The minimum Gasteiger partial charge on any atom is -0.374 e. The standard InChI is InChI=1S/C20H19N3OS/c1-23-12-16(11-15-9-5-6-10-17(15)23)19(24)22-20-18(21-13-25-20)14-7-3-2-4-8-14/h2-10,13,16H,11-12H2,1H3,(H,22,24)/t16-/m0/s1. The Morgan fingerprint density at radius 1 is 1.16 bits per heavy atom. The lowest BCUT2D eigenvalue weighted by molar-refractivity contribution is -0.119. The minimum absolute atomic E-state index is 0.0581. The molecule has 0 fully saturated rings. The molecule has 0 saturated heterocycles. The summed E-state index contributed by atoms with van der Waals surface area (Å²) in [6.07, 6.45) is 0.770. The van der Waals surface area contributed by atoms with Crippen LogP contribution in [-0.2, 0) is 11.2 Å². The average Bonchev–Trinajstić information content (AvgIpc) is 3.10. The Labute approximate surface area is 151 Å². The molecule has 1 amide bonds. The molecule has 4 nitrogen and oxygen atoms in total. The third-order valence-corrected chi connectivity index (χ3v) is 5.33. The number of rotatable bonds is 3. The Kier molecular flexibility index (Phi) is 4.24. The van der Waals surface area contributed by atoms with Crippen molar-refractivity contribution in [1.82, 2.24) is 4.98 Å². The molecule has 25 heavy (non-hydrogen) atoms. The van der Waals surface area contributed by atoms with E-state index >= 15 is 0 Å². The molecular formula is C20H19N3OS. The van der Waals surface area contributed by atoms with Crippen molar-refractivity contribution in [2.45, 2.75) is 6.42 Å². The fourth-order valence-electron chi connectivity index (χ4n) is 3.34. The van der Waals surface area contributed by atoms with Crippen molar-refractivity contribution < 1.29 is 4.79 Å². The van der Waals surface area contributed by atoms with Crippen LogP contribution in [0.1, 0.15) is 5.56 Å². The third-order valence-electron chi connectivity index (χ3n) is 4.59. The first-order chi connectivity index (χ1) is 12.2. The van der Waals surface area contributed by atoms with Gasteiger partial charge >= 0.3 is 0 Å². The van der Waals surface area contributed by atoms with Crippen molar-refractivity contribution in [2.75, 3.05) is 23.8 Å². The molecule has 2 heterocycles. The molecule has 0 unspecified atom stereocenters. The second-order valence-electron chi connectivity index (χ2n) is 6.30. The highest BCUT2D eigenvalue weighted by atomic mass is 32.1. The first-order valence-electron chi connectivity index (χ1n) is 8.31. The fourth-order valence-corrected chi connectivity index (χ4v) is 4.05. The summed E-state index contributed by atoms with van der Waals surface area (Å²) in [6, 6.07) is 18.2. The summed E-state index contributed by atoms with van der Waals surface area (Å²) >= 11 is 1.47. The van der Waals surface area contributed by atoms with Gasteiger partial charge in [0.2, 0.25) is 5.91 Å². The van der Waals surface area contributed by atoms with Crippen LogP contribution in [0.25, 0.3) is 11.3 Å². The molecule has 1 aliphatic heterocycles. The van der Waals surface area contributed by atoms with E-state index in [9.17, 15) is 4.79 Å². The van der Waals surface area contributed by atoms with Gasteiger partial charge in [0.15, 0.2) is 0 Å². The Morgan fingerprint density at radius 3 is 2.76 bits per heavy atom. The van der Waals surface area contributed by atoms with E-state index in [4.69, 9.17) is 0 Å². The van der Waals surface area contributed by atoms with E-state index < -0.39 is 0 Å². The minimum atomic E-state index is -0.0642. The summed E-state index contributed by atoms with van der Waals surface area (Å²) in [5.74, 6) is -0.00610. The van der Waals surface area contributed by atoms with Crippen molar-refractivity contribution in [3.05, 3.63) is 65.7 Å². The Hall–Kier alpha value is -2.66. The van der Waals surface area contributed by atoms with Gasteiger partial charge in [-0.15, -0.1) is 11.3 Å². The van der Waals surface area contributed by atoms with Gasteiger partial charge in [-0.3, -0.25) is 4.79 Å². The zero-order valence-corrected chi connectivity index (χ0v) is 14.8. The van der Waals surface area contributed by atoms with Crippen molar-refractivity contribution in [3.63, 3.8) is 0 Å².